The van der Waals surface area contributed by atoms with E-state index in [9.17, 15) is 9.59 Å². The van der Waals surface area contributed by atoms with Gasteiger partial charge in [0.15, 0.2) is 11.6 Å². The van der Waals surface area contributed by atoms with E-state index in [0.717, 1.165) is 28.5 Å². The van der Waals surface area contributed by atoms with Crippen LogP contribution in [0.2, 0.25) is 0 Å². The Hall–Kier alpha value is -3.75. The molecule has 176 valence electrons. The largest absolute Gasteiger partial charge is 0.352 e. The molecule has 0 aliphatic carbocycles. The Morgan fingerprint density at radius 3 is 2.21 bits per heavy atom. The van der Waals surface area contributed by atoms with Crippen LogP contribution in [0.25, 0.3) is 5.82 Å². The lowest BCUT2D eigenvalue weighted by Gasteiger charge is -2.36. The molecular weight excluding hydrogens is 430 g/mol. The van der Waals surface area contributed by atoms with Crippen LogP contribution in [0.5, 0.6) is 0 Å². The van der Waals surface area contributed by atoms with Gasteiger partial charge in [0.2, 0.25) is 11.8 Å². The van der Waals surface area contributed by atoms with Crippen LogP contribution in [-0.2, 0) is 9.59 Å². The summed E-state index contributed by atoms with van der Waals surface area (Å²) in [6, 6.07) is 13.7. The molecule has 0 N–H and O–H groups in total. The zero-order chi connectivity index (χ0) is 23.8. The molecule has 0 saturated carbocycles. The van der Waals surface area contributed by atoms with Crippen LogP contribution in [0.15, 0.2) is 42.5 Å². The molecule has 0 spiro atoms. The number of piperazine rings is 1. The number of hydrogen-bond acceptors (Lipinski definition) is 6. The Morgan fingerprint density at radius 2 is 1.59 bits per heavy atom. The summed E-state index contributed by atoms with van der Waals surface area (Å²) in [5.41, 5.74) is 3.96. The summed E-state index contributed by atoms with van der Waals surface area (Å²) in [4.78, 5) is 31.5. The number of aryl methyl sites for hydroxylation is 3. The number of nitrogens with zero attached hydrogens (tertiary/aromatic N) is 7. The molecular formula is C25H29N7O2. The van der Waals surface area contributed by atoms with Gasteiger partial charge in [0.1, 0.15) is 0 Å². The molecule has 2 saturated heterocycles. The number of amides is 2. The van der Waals surface area contributed by atoms with E-state index in [1.807, 2.05) is 68.1 Å². The Labute approximate surface area is 199 Å². The molecule has 5 rings (SSSR count). The first kappa shape index (κ1) is 22.1. The maximum atomic E-state index is 13.1. The van der Waals surface area contributed by atoms with Crippen molar-refractivity contribution in [1.82, 2.24) is 24.9 Å². The van der Waals surface area contributed by atoms with E-state index >= 15 is 0 Å². The molecule has 9 heteroatoms. The highest BCUT2D eigenvalue weighted by Gasteiger charge is 2.38. The highest BCUT2D eigenvalue weighted by Crippen LogP contribution is 2.27. The quantitative estimate of drug-likeness (QED) is 0.595. The number of hydrogen-bond donors (Lipinski definition) is 0. The maximum absolute atomic E-state index is 13.1. The number of anilines is 2. The summed E-state index contributed by atoms with van der Waals surface area (Å²) in [5.74, 6) is 1.26. The van der Waals surface area contributed by atoms with Crippen LogP contribution >= 0.6 is 0 Å². The van der Waals surface area contributed by atoms with Crippen molar-refractivity contribution in [2.75, 3.05) is 42.5 Å². The van der Waals surface area contributed by atoms with Gasteiger partial charge >= 0.3 is 0 Å². The van der Waals surface area contributed by atoms with Crippen molar-refractivity contribution in [2.24, 2.45) is 5.92 Å². The Bertz CT molecular complexity index is 1200. The highest BCUT2D eigenvalue weighted by atomic mass is 16.2. The average molecular weight is 460 g/mol. The fraction of sp³-hybridized carbons (Fsp3) is 0.400. The normalized spacial score (nSPS) is 18.6. The predicted molar refractivity (Wildman–Crippen MR) is 129 cm³/mol. The molecule has 1 unspecified atom stereocenters. The Morgan fingerprint density at radius 1 is 0.912 bits per heavy atom. The topological polar surface area (TPSA) is 87.5 Å². The summed E-state index contributed by atoms with van der Waals surface area (Å²) in [5, 5.41) is 13.2. The molecule has 1 atom stereocenters. The minimum atomic E-state index is -0.291. The molecule has 3 aromatic rings. The first-order valence-corrected chi connectivity index (χ1v) is 11.7. The Balaban J connectivity index is 1.18. The van der Waals surface area contributed by atoms with Crippen molar-refractivity contribution in [3.63, 3.8) is 0 Å². The van der Waals surface area contributed by atoms with Gasteiger partial charge in [0.05, 0.1) is 11.6 Å². The molecule has 4 heterocycles. The lowest BCUT2D eigenvalue weighted by molar-refractivity contribution is -0.136. The smallest absolute Gasteiger partial charge is 0.228 e. The molecule has 2 amide bonds. The molecule has 0 radical (unpaired) electrons. The van der Waals surface area contributed by atoms with Crippen LogP contribution < -0.4 is 9.80 Å². The first-order chi connectivity index (χ1) is 16.4. The molecule has 2 fully saturated rings. The summed E-state index contributed by atoms with van der Waals surface area (Å²) < 4.78 is 1.78. The number of aromatic nitrogens is 4. The summed E-state index contributed by atoms with van der Waals surface area (Å²) >= 11 is 0. The fourth-order valence-corrected chi connectivity index (χ4v) is 4.72. The molecule has 2 aliphatic rings. The van der Waals surface area contributed by atoms with Crippen LogP contribution in [-0.4, -0.2) is 69.4 Å². The van der Waals surface area contributed by atoms with Crippen LogP contribution in [0.1, 0.15) is 23.4 Å². The van der Waals surface area contributed by atoms with Crippen molar-refractivity contribution < 1.29 is 9.59 Å². The maximum Gasteiger partial charge on any atom is 0.228 e. The third-order valence-corrected chi connectivity index (χ3v) is 6.60. The van der Waals surface area contributed by atoms with Gasteiger partial charge in [-0.2, -0.15) is 5.10 Å². The van der Waals surface area contributed by atoms with Crippen LogP contribution in [0, 0.1) is 26.7 Å². The first-order valence-electron chi connectivity index (χ1n) is 11.7. The van der Waals surface area contributed by atoms with E-state index in [0.29, 0.717) is 38.5 Å². The van der Waals surface area contributed by atoms with E-state index in [-0.39, 0.29) is 24.2 Å². The van der Waals surface area contributed by atoms with E-state index < -0.39 is 0 Å². The number of benzene rings is 1. The van der Waals surface area contributed by atoms with E-state index in [4.69, 9.17) is 0 Å². The van der Waals surface area contributed by atoms with Gasteiger partial charge in [-0.3, -0.25) is 9.59 Å². The van der Waals surface area contributed by atoms with Crippen molar-refractivity contribution >= 4 is 23.3 Å². The summed E-state index contributed by atoms with van der Waals surface area (Å²) in [7, 11) is 0. The number of rotatable bonds is 4. The van der Waals surface area contributed by atoms with Crippen molar-refractivity contribution in [3.8, 4) is 5.82 Å². The number of carbonyl (C=O) groups excluding carboxylic acids is 2. The van der Waals surface area contributed by atoms with Crippen LogP contribution in [0.4, 0.5) is 11.5 Å². The number of carbonyl (C=O) groups is 2. The lowest BCUT2D eigenvalue weighted by atomic mass is 10.1. The Kier molecular flexibility index (Phi) is 5.77. The molecule has 9 nitrogen and oxygen atoms in total. The van der Waals surface area contributed by atoms with Crippen LogP contribution in [0.3, 0.4) is 0 Å². The van der Waals surface area contributed by atoms with Gasteiger partial charge in [0, 0.05) is 50.5 Å². The van der Waals surface area contributed by atoms with Gasteiger partial charge in [-0.1, -0.05) is 17.7 Å². The van der Waals surface area contributed by atoms with Crippen molar-refractivity contribution in [2.45, 2.75) is 27.2 Å². The standard InChI is InChI=1S/C25H29N7O2/c1-17-4-6-21(7-5-17)31-16-20(15-24(31)33)25(34)30-12-10-29(11-13-30)22-8-9-23(27-26-22)32-19(3)14-18(2)28-32/h4-9,14,20H,10-13,15-16H2,1-3H3. The minimum absolute atomic E-state index is 0.0128. The molecule has 2 aliphatic heterocycles. The second kappa shape index (κ2) is 8.89. The van der Waals surface area contributed by atoms with Gasteiger partial charge < -0.3 is 14.7 Å². The van der Waals surface area contributed by atoms with Crippen molar-refractivity contribution in [3.05, 3.63) is 59.4 Å². The van der Waals surface area contributed by atoms with Crippen molar-refractivity contribution in [1.29, 1.82) is 0 Å². The fourth-order valence-electron chi connectivity index (χ4n) is 4.72. The summed E-state index contributed by atoms with van der Waals surface area (Å²) in [6.45, 7) is 8.98. The second-order valence-corrected chi connectivity index (χ2v) is 9.14. The average Bonchev–Trinajstić information content (AvgIpc) is 3.40. The molecule has 0 bridgehead atoms. The molecule has 34 heavy (non-hydrogen) atoms. The van der Waals surface area contributed by atoms with Gasteiger partial charge in [-0.05, 0) is 51.1 Å². The van der Waals surface area contributed by atoms with E-state index in [1.54, 1.807) is 9.58 Å². The monoisotopic (exact) mass is 459 g/mol. The SMILES string of the molecule is Cc1ccc(N2CC(C(=O)N3CCN(c4ccc(-n5nc(C)cc5C)nn4)CC3)CC2=O)cc1. The van der Waals surface area contributed by atoms with Gasteiger partial charge in [-0.25, -0.2) is 4.68 Å². The third-order valence-electron chi connectivity index (χ3n) is 6.60. The van der Waals surface area contributed by atoms with E-state index in [2.05, 4.69) is 20.2 Å². The van der Waals surface area contributed by atoms with E-state index in [1.165, 1.54) is 0 Å². The zero-order valence-electron chi connectivity index (χ0n) is 19.8. The third kappa shape index (κ3) is 4.25. The van der Waals surface area contributed by atoms with Gasteiger partial charge in [0.25, 0.3) is 0 Å². The van der Waals surface area contributed by atoms with Gasteiger partial charge in [-0.15, -0.1) is 10.2 Å². The lowest BCUT2D eigenvalue weighted by Crippen LogP contribution is -2.51. The molecule has 1 aromatic carbocycles. The second-order valence-electron chi connectivity index (χ2n) is 9.14. The molecule has 2 aromatic heterocycles. The minimum Gasteiger partial charge on any atom is -0.352 e. The summed E-state index contributed by atoms with van der Waals surface area (Å²) in [6.07, 6.45) is 0.270. The predicted octanol–water partition coefficient (Wildman–Crippen LogP) is 2.29. The zero-order valence-corrected chi connectivity index (χ0v) is 19.8. The highest BCUT2D eigenvalue weighted by molar-refractivity contribution is 6.00.